The molecule has 0 atom stereocenters. The maximum atomic E-state index is 12.1. The molecule has 0 unspecified atom stereocenters. The van der Waals surface area contributed by atoms with E-state index in [1.54, 1.807) is 0 Å². The Morgan fingerprint density at radius 2 is 0.946 bits per heavy atom. The number of nitrogens with one attached hydrogen (secondary N) is 3. The second kappa shape index (κ2) is 10.7. The zero-order valence-electron chi connectivity index (χ0n) is 20.4. The lowest BCUT2D eigenvalue weighted by Gasteiger charge is -2.06. The predicted octanol–water partition coefficient (Wildman–Crippen LogP) is 4.03. The van der Waals surface area contributed by atoms with Gasteiger partial charge in [0.2, 0.25) is 0 Å². The number of fused-ring (bicyclic) bond motifs is 3. The number of hydrogen-bond acceptors (Lipinski definition) is 4. The van der Waals surface area contributed by atoms with Crippen molar-refractivity contribution in [2.24, 2.45) is 11.5 Å². The second-order valence-corrected chi connectivity index (χ2v) is 8.89. The van der Waals surface area contributed by atoms with Gasteiger partial charge in [0.05, 0.1) is 0 Å². The molecule has 1 aromatic heterocycles. The molecule has 0 aliphatic rings. The summed E-state index contributed by atoms with van der Waals surface area (Å²) in [7, 11) is 0. The molecule has 0 radical (unpaired) electrons. The fourth-order valence-corrected chi connectivity index (χ4v) is 4.47. The van der Waals surface area contributed by atoms with Crippen LogP contribution in [0.25, 0.3) is 44.1 Å². The topological polar surface area (TPSA) is 126 Å². The van der Waals surface area contributed by atoms with Gasteiger partial charge in [0.25, 0.3) is 11.8 Å². The van der Waals surface area contributed by atoms with Crippen LogP contribution in [-0.2, 0) is 0 Å². The van der Waals surface area contributed by atoms with E-state index in [1.807, 2.05) is 48.5 Å². The molecule has 7 nitrogen and oxygen atoms in total. The van der Waals surface area contributed by atoms with Crippen LogP contribution >= 0.6 is 0 Å². The number of benzene rings is 4. The summed E-state index contributed by atoms with van der Waals surface area (Å²) < 4.78 is 0. The summed E-state index contributed by atoms with van der Waals surface area (Å²) in [4.78, 5) is 27.8. The Morgan fingerprint density at radius 1 is 0.568 bits per heavy atom. The van der Waals surface area contributed by atoms with Gasteiger partial charge in [-0.1, -0.05) is 48.5 Å². The van der Waals surface area contributed by atoms with Crippen molar-refractivity contribution in [1.82, 2.24) is 15.6 Å². The van der Waals surface area contributed by atoms with E-state index in [0.717, 1.165) is 44.1 Å². The largest absolute Gasteiger partial charge is 0.354 e. The summed E-state index contributed by atoms with van der Waals surface area (Å²) in [6.45, 7) is 1.74. The van der Waals surface area contributed by atoms with Crippen molar-refractivity contribution in [3.05, 3.63) is 96.1 Å². The van der Waals surface area contributed by atoms with Gasteiger partial charge in [0.1, 0.15) is 0 Å². The van der Waals surface area contributed by atoms with E-state index in [-0.39, 0.29) is 11.8 Å². The fraction of sp³-hybridized carbons (Fsp3) is 0.133. The van der Waals surface area contributed by atoms with Gasteiger partial charge in [-0.3, -0.25) is 9.59 Å². The molecular weight excluding hydrogens is 462 g/mol. The van der Waals surface area contributed by atoms with Crippen molar-refractivity contribution >= 4 is 33.6 Å². The Labute approximate surface area is 214 Å². The van der Waals surface area contributed by atoms with Crippen LogP contribution < -0.4 is 22.1 Å². The zero-order chi connectivity index (χ0) is 25.8. The zero-order valence-corrected chi connectivity index (χ0v) is 20.4. The Bertz CT molecular complexity index is 1450. The van der Waals surface area contributed by atoms with Crippen molar-refractivity contribution in [3.8, 4) is 22.3 Å². The average molecular weight is 492 g/mol. The number of carbonyl (C=O) groups excluding carboxylic acids is 2. The van der Waals surface area contributed by atoms with E-state index in [0.29, 0.717) is 37.3 Å². The highest BCUT2D eigenvalue weighted by Crippen LogP contribution is 2.32. The van der Waals surface area contributed by atoms with Crippen LogP contribution in [0.3, 0.4) is 0 Å². The molecule has 2 amide bonds. The first-order valence-electron chi connectivity index (χ1n) is 12.3. The third kappa shape index (κ3) is 5.09. The first kappa shape index (κ1) is 24.2. The van der Waals surface area contributed by atoms with Crippen molar-refractivity contribution in [3.63, 3.8) is 0 Å². The lowest BCUT2D eigenvalue weighted by Crippen LogP contribution is -2.28. The lowest BCUT2D eigenvalue weighted by atomic mass is 10.0. The minimum Gasteiger partial charge on any atom is -0.354 e. The Kier molecular flexibility index (Phi) is 6.98. The molecule has 0 bridgehead atoms. The van der Waals surface area contributed by atoms with Gasteiger partial charge in [-0.25, -0.2) is 0 Å². The first-order chi connectivity index (χ1) is 18.1. The van der Waals surface area contributed by atoms with E-state index in [9.17, 15) is 9.59 Å². The summed E-state index contributed by atoms with van der Waals surface area (Å²) in [6.07, 6.45) is 0. The number of rotatable bonds is 8. The molecule has 7 N–H and O–H groups in total. The normalized spacial score (nSPS) is 11.1. The quantitative estimate of drug-likeness (QED) is 0.225. The van der Waals surface area contributed by atoms with Crippen LogP contribution in [0, 0.1) is 0 Å². The Hall–Kier alpha value is -4.46. The third-order valence-electron chi connectivity index (χ3n) is 6.42. The number of carbonyl (C=O) groups is 2. The van der Waals surface area contributed by atoms with Crippen molar-refractivity contribution < 1.29 is 9.59 Å². The maximum absolute atomic E-state index is 12.1. The van der Waals surface area contributed by atoms with E-state index < -0.39 is 0 Å². The van der Waals surface area contributed by atoms with Gasteiger partial charge < -0.3 is 27.1 Å². The van der Waals surface area contributed by atoms with Crippen LogP contribution in [0.15, 0.2) is 84.9 Å². The Balaban J connectivity index is 1.40. The van der Waals surface area contributed by atoms with E-state index in [4.69, 9.17) is 11.5 Å². The van der Waals surface area contributed by atoms with Gasteiger partial charge in [-0.05, 0) is 58.7 Å². The minimum absolute atomic E-state index is 0.122. The van der Waals surface area contributed by atoms with Crippen LogP contribution in [0.2, 0.25) is 0 Å². The monoisotopic (exact) mass is 491 g/mol. The van der Waals surface area contributed by atoms with E-state index in [2.05, 4.69) is 52.0 Å². The fourth-order valence-electron chi connectivity index (χ4n) is 4.47. The molecule has 0 saturated heterocycles. The van der Waals surface area contributed by atoms with Crippen LogP contribution in [0.1, 0.15) is 20.7 Å². The van der Waals surface area contributed by atoms with Crippen LogP contribution in [0.5, 0.6) is 0 Å². The Morgan fingerprint density at radius 3 is 1.32 bits per heavy atom. The summed E-state index contributed by atoms with van der Waals surface area (Å²) in [5.74, 6) is -0.244. The first-order valence-corrected chi connectivity index (χ1v) is 12.3. The predicted molar refractivity (Wildman–Crippen MR) is 149 cm³/mol. The molecule has 0 aliphatic heterocycles. The minimum atomic E-state index is -0.122. The summed E-state index contributed by atoms with van der Waals surface area (Å²) in [5.41, 5.74) is 18.4. The molecule has 4 aromatic carbocycles. The maximum Gasteiger partial charge on any atom is 0.251 e. The van der Waals surface area contributed by atoms with E-state index >= 15 is 0 Å². The third-order valence-corrected chi connectivity index (χ3v) is 6.42. The van der Waals surface area contributed by atoms with Gasteiger partial charge in [0, 0.05) is 59.1 Å². The molecule has 0 saturated carbocycles. The van der Waals surface area contributed by atoms with Gasteiger partial charge in [0.15, 0.2) is 0 Å². The number of nitrogens with two attached hydrogens (primary N) is 2. The van der Waals surface area contributed by atoms with Crippen LogP contribution in [0.4, 0.5) is 0 Å². The second-order valence-electron chi connectivity index (χ2n) is 8.89. The smallest absolute Gasteiger partial charge is 0.251 e. The highest BCUT2D eigenvalue weighted by Gasteiger charge is 2.10. The van der Waals surface area contributed by atoms with Crippen LogP contribution in [-0.4, -0.2) is 43.0 Å². The number of aromatic amines is 1. The van der Waals surface area contributed by atoms with Gasteiger partial charge in [-0.15, -0.1) is 0 Å². The molecule has 186 valence electrons. The highest BCUT2D eigenvalue weighted by atomic mass is 16.2. The molecule has 5 rings (SSSR count). The summed E-state index contributed by atoms with van der Waals surface area (Å²) in [5, 5.41) is 7.87. The van der Waals surface area contributed by atoms with E-state index in [1.165, 1.54) is 0 Å². The standard InChI is InChI=1S/C30H29N5O2/c31-13-15-33-29(36)21-5-1-19(2-6-21)23-9-11-25-26-12-10-24(18-28(26)35-27(25)17-23)20-3-7-22(8-4-20)30(37)34-16-14-32/h1-12,17-18,35H,13-16,31-32H2,(H,33,36)(H,34,37). The van der Waals surface area contributed by atoms with Crippen molar-refractivity contribution in [1.29, 1.82) is 0 Å². The lowest BCUT2D eigenvalue weighted by molar-refractivity contribution is 0.0946. The molecule has 7 heteroatoms. The molecule has 5 aromatic rings. The van der Waals surface area contributed by atoms with Gasteiger partial charge in [-0.2, -0.15) is 0 Å². The number of hydrogen-bond donors (Lipinski definition) is 5. The molecular formula is C30H29N5O2. The SMILES string of the molecule is NCCNC(=O)c1ccc(-c2ccc3c(c2)[nH]c2cc(-c4ccc(C(=O)NCCN)cc4)ccc23)cc1. The molecule has 0 aliphatic carbocycles. The molecule has 1 heterocycles. The summed E-state index contributed by atoms with van der Waals surface area (Å²) >= 11 is 0. The number of aromatic nitrogens is 1. The molecule has 0 spiro atoms. The highest BCUT2D eigenvalue weighted by molar-refractivity contribution is 6.09. The average Bonchev–Trinajstić information content (AvgIpc) is 3.31. The van der Waals surface area contributed by atoms with Crippen molar-refractivity contribution in [2.45, 2.75) is 0 Å². The molecule has 0 fully saturated rings. The molecule has 37 heavy (non-hydrogen) atoms. The van der Waals surface area contributed by atoms with Gasteiger partial charge >= 0.3 is 0 Å². The van der Waals surface area contributed by atoms with Crippen molar-refractivity contribution in [2.75, 3.05) is 26.2 Å². The number of amides is 2. The summed E-state index contributed by atoms with van der Waals surface area (Å²) in [6, 6.07) is 27.9. The number of H-pyrrole nitrogens is 1.